The molecule has 0 aliphatic carbocycles. The van der Waals surface area contributed by atoms with Crippen LogP contribution in [0, 0.1) is 0 Å². The van der Waals surface area contributed by atoms with Crippen LogP contribution in [0.1, 0.15) is 11.1 Å². The third kappa shape index (κ3) is 4.96. The highest BCUT2D eigenvalue weighted by Gasteiger charge is 2.25. The minimum absolute atomic E-state index is 0.0121. The topological polar surface area (TPSA) is 63.7 Å². The van der Waals surface area contributed by atoms with Gasteiger partial charge < -0.3 is 4.74 Å². The Morgan fingerprint density at radius 3 is 2.21 bits per heavy atom. The molecule has 6 heteroatoms. The second kappa shape index (κ2) is 8.31. The van der Waals surface area contributed by atoms with Crippen LogP contribution in [0.5, 0.6) is 0 Å². The molecule has 0 radical (unpaired) electrons. The van der Waals surface area contributed by atoms with Crippen molar-refractivity contribution < 1.29 is 17.9 Å². The summed E-state index contributed by atoms with van der Waals surface area (Å²) in [5.74, 6) is 0. The van der Waals surface area contributed by atoms with Crippen LogP contribution in [-0.4, -0.2) is 32.5 Å². The summed E-state index contributed by atoms with van der Waals surface area (Å²) in [6.07, 6.45) is 0.964. The van der Waals surface area contributed by atoms with Gasteiger partial charge in [0.05, 0.1) is 12.5 Å². The number of carbonyl (C=O) groups excluding carboxylic acids is 1. The summed E-state index contributed by atoms with van der Waals surface area (Å²) in [4.78, 5) is 11.9. The minimum atomic E-state index is -3.92. The van der Waals surface area contributed by atoms with E-state index in [0.717, 1.165) is 27.9 Å². The van der Waals surface area contributed by atoms with E-state index in [1.807, 2.05) is 36.4 Å². The Kier molecular flexibility index (Phi) is 6.14. The van der Waals surface area contributed by atoms with E-state index in [1.165, 1.54) is 6.08 Å². The number of hydrogen-bond donors (Lipinski definition) is 0. The van der Waals surface area contributed by atoms with Crippen LogP contribution in [-0.2, 0) is 21.2 Å². The number of benzene rings is 2. The van der Waals surface area contributed by atoms with Gasteiger partial charge in [0.1, 0.15) is 0 Å². The zero-order valence-electron chi connectivity index (χ0n) is 13.3. The van der Waals surface area contributed by atoms with Gasteiger partial charge in [0.2, 0.25) is 0 Å². The number of hydrogen-bond acceptors (Lipinski definition) is 4. The van der Waals surface area contributed by atoms with Crippen molar-refractivity contribution in [3.8, 4) is 0 Å². The average Bonchev–Trinajstić information content (AvgIpc) is 2.61. The predicted octanol–water partition coefficient (Wildman–Crippen LogP) is 3.30. The smallest absolute Gasteiger partial charge is 0.423 e. The summed E-state index contributed by atoms with van der Waals surface area (Å²) < 4.78 is 30.3. The van der Waals surface area contributed by atoms with Crippen molar-refractivity contribution in [1.29, 1.82) is 0 Å². The van der Waals surface area contributed by atoms with Crippen molar-refractivity contribution in [2.75, 3.05) is 13.7 Å². The normalized spacial score (nSPS) is 11.4. The number of ether oxygens (including phenoxy) is 1. The first-order valence-electron chi connectivity index (χ1n) is 7.40. The molecule has 2 aromatic carbocycles. The molecule has 0 aliphatic rings. The number of sulfonamides is 1. The van der Waals surface area contributed by atoms with Crippen LogP contribution in [0.3, 0.4) is 0 Å². The van der Waals surface area contributed by atoms with Gasteiger partial charge in [0.15, 0.2) is 0 Å². The van der Waals surface area contributed by atoms with Crippen LogP contribution in [0.25, 0.3) is 6.08 Å². The maximum atomic E-state index is 12.5. The summed E-state index contributed by atoms with van der Waals surface area (Å²) in [6.45, 7) is 0.0121. The third-order valence-electron chi connectivity index (χ3n) is 3.36. The Morgan fingerprint density at radius 2 is 1.62 bits per heavy atom. The van der Waals surface area contributed by atoms with E-state index in [2.05, 4.69) is 4.74 Å². The Bertz CT molecular complexity index is 786. The highest BCUT2D eigenvalue weighted by atomic mass is 32.2. The highest BCUT2D eigenvalue weighted by molar-refractivity contribution is 7.92. The van der Waals surface area contributed by atoms with E-state index < -0.39 is 16.1 Å². The third-order valence-corrected chi connectivity index (χ3v) is 4.79. The molecule has 5 nitrogen and oxygen atoms in total. The molecule has 0 aliphatic heterocycles. The van der Waals surface area contributed by atoms with E-state index in [-0.39, 0.29) is 6.54 Å². The lowest BCUT2D eigenvalue weighted by atomic mass is 10.1. The lowest BCUT2D eigenvalue weighted by molar-refractivity contribution is 0.149. The van der Waals surface area contributed by atoms with Gasteiger partial charge in [-0.2, -0.15) is 0 Å². The lowest BCUT2D eigenvalue weighted by Gasteiger charge is -2.19. The molecule has 0 bridgehead atoms. The van der Waals surface area contributed by atoms with Crippen molar-refractivity contribution in [3.63, 3.8) is 0 Å². The van der Waals surface area contributed by atoms with Crippen molar-refractivity contribution >= 4 is 22.2 Å². The van der Waals surface area contributed by atoms with Gasteiger partial charge in [-0.1, -0.05) is 60.7 Å². The molecule has 0 spiro atoms. The second-order valence-electron chi connectivity index (χ2n) is 5.04. The number of methoxy groups -OCH3 is 1. The van der Waals surface area contributed by atoms with E-state index in [4.69, 9.17) is 0 Å². The van der Waals surface area contributed by atoms with Gasteiger partial charge in [0.25, 0.3) is 10.0 Å². The Balaban J connectivity index is 2.16. The molecule has 0 aromatic heterocycles. The second-order valence-corrected chi connectivity index (χ2v) is 6.78. The lowest BCUT2D eigenvalue weighted by Crippen LogP contribution is -2.37. The Morgan fingerprint density at radius 1 is 1.04 bits per heavy atom. The summed E-state index contributed by atoms with van der Waals surface area (Å²) >= 11 is 0. The molecule has 24 heavy (non-hydrogen) atoms. The molecule has 2 rings (SSSR count). The number of amides is 1. The summed E-state index contributed by atoms with van der Waals surface area (Å²) in [6, 6.07) is 18.4. The predicted molar refractivity (Wildman–Crippen MR) is 93.7 cm³/mol. The first-order valence-corrected chi connectivity index (χ1v) is 8.91. The summed E-state index contributed by atoms with van der Waals surface area (Å²) in [7, 11) is -2.76. The minimum Gasteiger partial charge on any atom is -0.452 e. The quantitative estimate of drug-likeness (QED) is 0.806. The molecule has 1 amide bonds. The van der Waals surface area contributed by atoms with Crippen molar-refractivity contribution in [1.82, 2.24) is 4.31 Å². The van der Waals surface area contributed by atoms with E-state index in [1.54, 1.807) is 24.3 Å². The Labute approximate surface area is 142 Å². The number of nitrogens with zero attached hydrogens (tertiary/aromatic N) is 1. The molecule has 0 heterocycles. The van der Waals surface area contributed by atoms with Crippen LogP contribution < -0.4 is 0 Å². The molecular formula is C18H19NO4S. The summed E-state index contributed by atoms with van der Waals surface area (Å²) in [5.41, 5.74) is 1.67. The van der Waals surface area contributed by atoms with Crippen molar-refractivity contribution in [3.05, 3.63) is 77.2 Å². The van der Waals surface area contributed by atoms with Crippen LogP contribution in [0.4, 0.5) is 4.79 Å². The molecule has 126 valence electrons. The molecule has 0 fully saturated rings. The fourth-order valence-corrected chi connectivity index (χ4v) is 3.21. The van der Waals surface area contributed by atoms with E-state index in [9.17, 15) is 13.2 Å². The number of carbonyl (C=O) groups is 1. The first kappa shape index (κ1) is 17.7. The largest absolute Gasteiger partial charge is 0.452 e. The van der Waals surface area contributed by atoms with E-state index in [0.29, 0.717) is 6.42 Å². The molecule has 0 unspecified atom stereocenters. The van der Waals surface area contributed by atoms with Crippen LogP contribution >= 0.6 is 0 Å². The maximum absolute atomic E-state index is 12.5. The van der Waals surface area contributed by atoms with E-state index >= 15 is 0 Å². The SMILES string of the molecule is COC(=O)N(CCc1ccccc1)S(=O)(=O)C=Cc1ccccc1. The molecule has 0 saturated heterocycles. The average molecular weight is 345 g/mol. The molecule has 0 saturated carbocycles. The standard InChI is InChI=1S/C18H19NO4S/c1-23-18(20)19(14-12-16-8-4-2-5-9-16)24(21,22)15-13-17-10-6-3-7-11-17/h2-11,13,15H,12,14H2,1H3. The molecular weight excluding hydrogens is 326 g/mol. The van der Waals surface area contributed by atoms with Gasteiger partial charge >= 0.3 is 6.09 Å². The zero-order chi connectivity index (χ0) is 17.4. The monoisotopic (exact) mass is 345 g/mol. The van der Waals surface area contributed by atoms with Gasteiger partial charge in [-0.25, -0.2) is 17.5 Å². The van der Waals surface area contributed by atoms with Crippen LogP contribution in [0.2, 0.25) is 0 Å². The van der Waals surface area contributed by atoms with Gasteiger partial charge in [-0.15, -0.1) is 0 Å². The first-order chi connectivity index (χ1) is 11.5. The van der Waals surface area contributed by atoms with Gasteiger partial charge in [-0.3, -0.25) is 0 Å². The molecule has 2 aromatic rings. The zero-order valence-corrected chi connectivity index (χ0v) is 14.1. The number of rotatable bonds is 6. The van der Waals surface area contributed by atoms with Crippen molar-refractivity contribution in [2.24, 2.45) is 0 Å². The summed E-state index contributed by atoms with van der Waals surface area (Å²) in [5, 5.41) is 1.02. The van der Waals surface area contributed by atoms with Crippen LogP contribution in [0.15, 0.2) is 66.1 Å². The fourth-order valence-electron chi connectivity index (χ4n) is 2.10. The van der Waals surface area contributed by atoms with Crippen molar-refractivity contribution in [2.45, 2.75) is 6.42 Å². The Hall–Kier alpha value is -2.60. The fraction of sp³-hybridized carbons (Fsp3) is 0.167. The maximum Gasteiger partial charge on any atom is 0.423 e. The molecule has 0 atom stereocenters. The highest BCUT2D eigenvalue weighted by Crippen LogP contribution is 2.11. The van der Waals surface area contributed by atoms with Gasteiger partial charge in [-0.05, 0) is 23.6 Å². The molecule has 0 N–H and O–H groups in total. The van der Waals surface area contributed by atoms with Gasteiger partial charge in [0, 0.05) is 6.54 Å².